The standard InChI is InChI=1S/C12H17BrFN/c1-2-3-9(8-15)4-10-5-11(13)7-12(14)6-10/h5-7,9H,2-4,8,15H2,1H3. The molecular formula is C12H17BrFN. The lowest BCUT2D eigenvalue weighted by molar-refractivity contribution is 0.486. The van der Waals surface area contributed by atoms with Crippen molar-refractivity contribution in [1.29, 1.82) is 0 Å². The first-order valence-electron chi connectivity index (χ1n) is 5.30. The topological polar surface area (TPSA) is 26.0 Å². The minimum Gasteiger partial charge on any atom is -0.330 e. The van der Waals surface area contributed by atoms with Gasteiger partial charge < -0.3 is 5.73 Å². The van der Waals surface area contributed by atoms with Gasteiger partial charge in [0, 0.05) is 4.47 Å². The van der Waals surface area contributed by atoms with Gasteiger partial charge in [0.25, 0.3) is 0 Å². The van der Waals surface area contributed by atoms with E-state index in [-0.39, 0.29) is 5.82 Å². The van der Waals surface area contributed by atoms with Crippen molar-refractivity contribution in [3.63, 3.8) is 0 Å². The summed E-state index contributed by atoms with van der Waals surface area (Å²) >= 11 is 3.29. The molecule has 2 N–H and O–H groups in total. The molecule has 0 aliphatic carbocycles. The summed E-state index contributed by atoms with van der Waals surface area (Å²) in [5.41, 5.74) is 6.70. The largest absolute Gasteiger partial charge is 0.330 e. The van der Waals surface area contributed by atoms with Crippen LogP contribution in [-0.2, 0) is 6.42 Å². The van der Waals surface area contributed by atoms with Crippen LogP contribution in [0.25, 0.3) is 0 Å². The highest BCUT2D eigenvalue weighted by atomic mass is 79.9. The van der Waals surface area contributed by atoms with Crippen LogP contribution >= 0.6 is 15.9 Å². The lowest BCUT2D eigenvalue weighted by Crippen LogP contribution is -2.16. The van der Waals surface area contributed by atoms with Crippen molar-refractivity contribution >= 4 is 15.9 Å². The highest BCUT2D eigenvalue weighted by Crippen LogP contribution is 2.19. The maximum atomic E-state index is 13.1. The molecule has 15 heavy (non-hydrogen) atoms. The van der Waals surface area contributed by atoms with Crippen molar-refractivity contribution in [2.24, 2.45) is 11.7 Å². The molecule has 0 bridgehead atoms. The molecule has 1 aromatic carbocycles. The van der Waals surface area contributed by atoms with Crippen LogP contribution < -0.4 is 5.73 Å². The van der Waals surface area contributed by atoms with Gasteiger partial charge in [-0.1, -0.05) is 29.3 Å². The Morgan fingerprint density at radius 3 is 2.67 bits per heavy atom. The number of hydrogen-bond donors (Lipinski definition) is 1. The maximum absolute atomic E-state index is 13.1. The van der Waals surface area contributed by atoms with Gasteiger partial charge in [-0.05, 0) is 49.1 Å². The van der Waals surface area contributed by atoms with E-state index in [0.29, 0.717) is 12.5 Å². The van der Waals surface area contributed by atoms with E-state index in [1.807, 2.05) is 6.07 Å². The van der Waals surface area contributed by atoms with Gasteiger partial charge in [-0.3, -0.25) is 0 Å². The van der Waals surface area contributed by atoms with Crippen molar-refractivity contribution in [2.45, 2.75) is 26.2 Å². The fourth-order valence-electron chi connectivity index (χ4n) is 1.77. The SMILES string of the molecule is CCCC(CN)Cc1cc(F)cc(Br)c1. The molecule has 0 amide bonds. The Balaban J connectivity index is 2.69. The first-order valence-corrected chi connectivity index (χ1v) is 6.10. The van der Waals surface area contributed by atoms with Crippen LogP contribution in [0.1, 0.15) is 25.3 Å². The van der Waals surface area contributed by atoms with Gasteiger partial charge in [0.15, 0.2) is 0 Å². The van der Waals surface area contributed by atoms with E-state index in [4.69, 9.17) is 5.73 Å². The molecule has 1 nitrogen and oxygen atoms in total. The van der Waals surface area contributed by atoms with Crippen LogP contribution in [0.15, 0.2) is 22.7 Å². The summed E-state index contributed by atoms with van der Waals surface area (Å²) in [6, 6.07) is 5.02. The molecule has 0 spiro atoms. The molecule has 1 unspecified atom stereocenters. The fraction of sp³-hybridized carbons (Fsp3) is 0.500. The lowest BCUT2D eigenvalue weighted by Gasteiger charge is -2.13. The minimum atomic E-state index is -0.188. The molecule has 0 fully saturated rings. The Labute approximate surface area is 99.0 Å². The number of halogens is 2. The van der Waals surface area contributed by atoms with Gasteiger partial charge >= 0.3 is 0 Å². The average molecular weight is 274 g/mol. The van der Waals surface area contributed by atoms with Gasteiger partial charge in [0.1, 0.15) is 5.82 Å². The van der Waals surface area contributed by atoms with Gasteiger partial charge in [-0.25, -0.2) is 4.39 Å². The van der Waals surface area contributed by atoms with E-state index in [0.717, 1.165) is 29.3 Å². The number of benzene rings is 1. The third-order valence-corrected chi connectivity index (χ3v) is 2.93. The molecule has 1 atom stereocenters. The van der Waals surface area contributed by atoms with Gasteiger partial charge in [-0.15, -0.1) is 0 Å². The quantitative estimate of drug-likeness (QED) is 0.873. The van der Waals surface area contributed by atoms with Crippen LogP contribution in [0, 0.1) is 11.7 Å². The van der Waals surface area contributed by atoms with Crippen molar-refractivity contribution < 1.29 is 4.39 Å². The van der Waals surface area contributed by atoms with E-state index in [2.05, 4.69) is 22.9 Å². The van der Waals surface area contributed by atoms with E-state index >= 15 is 0 Å². The fourth-order valence-corrected chi connectivity index (χ4v) is 2.29. The second-order valence-corrected chi connectivity index (χ2v) is 4.79. The van der Waals surface area contributed by atoms with E-state index in [9.17, 15) is 4.39 Å². The number of rotatable bonds is 5. The van der Waals surface area contributed by atoms with Crippen LogP contribution in [0.2, 0.25) is 0 Å². The Kier molecular flexibility index (Phi) is 5.26. The molecule has 1 aromatic rings. The zero-order valence-electron chi connectivity index (χ0n) is 8.97. The molecule has 0 heterocycles. The Hall–Kier alpha value is -0.410. The molecular weight excluding hydrogens is 257 g/mol. The molecule has 3 heteroatoms. The second-order valence-electron chi connectivity index (χ2n) is 3.87. The molecule has 0 radical (unpaired) electrons. The Morgan fingerprint density at radius 1 is 1.40 bits per heavy atom. The first kappa shape index (κ1) is 12.7. The van der Waals surface area contributed by atoms with Gasteiger partial charge in [-0.2, -0.15) is 0 Å². The molecule has 1 rings (SSSR count). The smallest absolute Gasteiger partial charge is 0.124 e. The normalized spacial score (nSPS) is 12.8. The summed E-state index contributed by atoms with van der Waals surface area (Å²) in [5.74, 6) is 0.273. The van der Waals surface area contributed by atoms with Crippen LogP contribution in [0.4, 0.5) is 4.39 Å². The molecule has 0 aliphatic heterocycles. The zero-order chi connectivity index (χ0) is 11.3. The minimum absolute atomic E-state index is 0.188. The summed E-state index contributed by atoms with van der Waals surface area (Å²) in [5, 5.41) is 0. The van der Waals surface area contributed by atoms with E-state index in [1.165, 1.54) is 6.07 Å². The predicted octanol–water partition coefficient (Wildman–Crippen LogP) is 3.51. The Morgan fingerprint density at radius 2 is 2.13 bits per heavy atom. The van der Waals surface area contributed by atoms with Crippen molar-refractivity contribution in [3.05, 3.63) is 34.1 Å². The summed E-state index contributed by atoms with van der Waals surface area (Å²) in [4.78, 5) is 0. The Bertz CT molecular complexity index is 294. The summed E-state index contributed by atoms with van der Waals surface area (Å²) in [6.07, 6.45) is 3.09. The molecule has 0 saturated heterocycles. The average Bonchev–Trinajstić information content (AvgIpc) is 2.15. The monoisotopic (exact) mass is 273 g/mol. The van der Waals surface area contributed by atoms with Crippen molar-refractivity contribution in [2.75, 3.05) is 6.54 Å². The third-order valence-electron chi connectivity index (χ3n) is 2.48. The van der Waals surface area contributed by atoms with Crippen LogP contribution in [0.3, 0.4) is 0 Å². The highest BCUT2D eigenvalue weighted by molar-refractivity contribution is 9.10. The molecule has 0 saturated carbocycles. The summed E-state index contributed by atoms with van der Waals surface area (Å²) in [7, 11) is 0. The molecule has 84 valence electrons. The number of nitrogens with two attached hydrogens (primary N) is 1. The maximum Gasteiger partial charge on any atom is 0.124 e. The van der Waals surface area contributed by atoms with E-state index in [1.54, 1.807) is 6.07 Å². The van der Waals surface area contributed by atoms with Gasteiger partial charge in [0.05, 0.1) is 0 Å². The molecule has 0 aromatic heterocycles. The highest BCUT2D eigenvalue weighted by Gasteiger charge is 2.08. The summed E-state index contributed by atoms with van der Waals surface area (Å²) in [6.45, 7) is 2.81. The zero-order valence-corrected chi connectivity index (χ0v) is 10.6. The first-order chi connectivity index (χ1) is 7.15. The number of hydrogen-bond acceptors (Lipinski definition) is 1. The van der Waals surface area contributed by atoms with Crippen LogP contribution in [-0.4, -0.2) is 6.54 Å². The lowest BCUT2D eigenvalue weighted by atomic mass is 9.95. The van der Waals surface area contributed by atoms with Gasteiger partial charge in [0.2, 0.25) is 0 Å². The van der Waals surface area contributed by atoms with E-state index < -0.39 is 0 Å². The molecule has 0 aliphatic rings. The summed E-state index contributed by atoms with van der Waals surface area (Å²) < 4.78 is 13.9. The van der Waals surface area contributed by atoms with Crippen LogP contribution in [0.5, 0.6) is 0 Å². The van der Waals surface area contributed by atoms with Crippen molar-refractivity contribution in [3.8, 4) is 0 Å². The van der Waals surface area contributed by atoms with Crippen molar-refractivity contribution in [1.82, 2.24) is 0 Å². The second kappa shape index (κ2) is 6.23. The third kappa shape index (κ3) is 4.31. The predicted molar refractivity (Wildman–Crippen MR) is 65.3 cm³/mol.